The molecule has 2 rings (SSSR count). The molecule has 0 saturated carbocycles. The molecule has 0 fully saturated rings. The largest absolute Gasteiger partial charge is 0.496 e. The zero-order valence-electron chi connectivity index (χ0n) is 14.1. The van der Waals surface area contributed by atoms with Crippen molar-refractivity contribution in [2.45, 2.75) is 26.8 Å². The summed E-state index contributed by atoms with van der Waals surface area (Å²) in [5.41, 5.74) is 1.52. The third kappa shape index (κ3) is 4.08. The van der Waals surface area contributed by atoms with Gasteiger partial charge in [-0.3, -0.25) is 0 Å². The number of benzene rings is 1. The Labute approximate surface area is 149 Å². The van der Waals surface area contributed by atoms with Crippen LogP contribution in [0.4, 0.5) is 4.79 Å². The number of urea groups is 1. The maximum Gasteiger partial charge on any atom is 0.338 e. The Morgan fingerprint density at radius 2 is 2.08 bits per heavy atom. The van der Waals surface area contributed by atoms with E-state index in [-0.39, 0.29) is 11.9 Å². The second-order valence-electron chi connectivity index (χ2n) is 5.95. The first-order chi connectivity index (χ1) is 11.3. The smallest absolute Gasteiger partial charge is 0.338 e. The van der Waals surface area contributed by atoms with E-state index in [1.54, 1.807) is 20.1 Å². The highest BCUT2D eigenvalue weighted by Crippen LogP contribution is 2.35. The van der Waals surface area contributed by atoms with Gasteiger partial charge in [-0.25, -0.2) is 9.59 Å². The minimum atomic E-state index is -0.647. The minimum Gasteiger partial charge on any atom is -0.496 e. The molecule has 2 N–H and O–H groups in total. The van der Waals surface area contributed by atoms with Crippen LogP contribution in [0.25, 0.3) is 0 Å². The summed E-state index contributed by atoms with van der Waals surface area (Å²) in [6.07, 6.45) is 0. The molecule has 1 aromatic rings. The molecular formula is C17H21BrN2O4. The monoisotopic (exact) mass is 396 g/mol. The number of methoxy groups -OCH3 is 1. The molecule has 0 unspecified atom stereocenters. The van der Waals surface area contributed by atoms with Crippen molar-refractivity contribution in [3.8, 4) is 5.75 Å². The third-order valence-corrected chi connectivity index (χ3v) is 4.03. The van der Waals surface area contributed by atoms with E-state index in [0.29, 0.717) is 29.2 Å². The summed E-state index contributed by atoms with van der Waals surface area (Å²) >= 11 is 3.41. The van der Waals surface area contributed by atoms with Crippen LogP contribution in [0.15, 0.2) is 33.9 Å². The number of esters is 1. The summed E-state index contributed by atoms with van der Waals surface area (Å²) in [4.78, 5) is 24.5. The maximum atomic E-state index is 12.6. The maximum absolute atomic E-state index is 12.6. The number of halogens is 1. The van der Waals surface area contributed by atoms with Crippen LogP contribution in [0.1, 0.15) is 32.4 Å². The number of nitrogens with one attached hydrogen (secondary N) is 2. The average Bonchev–Trinajstić information content (AvgIpc) is 2.51. The molecule has 1 heterocycles. The van der Waals surface area contributed by atoms with Crippen molar-refractivity contribution in [1.29, 1.82) is 0 Å². The average molecular weight is 397 g/mol. The van der Waals surface area contributed by atoms with Crippen LogP contribution in [-0.2, 0) is 9.53 Å². The van der Waals surface area contributed by atoms with Crippen molar-refractivity contribution < 1.29 is 19.1 Å². The predicted molar refractivity (Wildman–Crippen MR) is 93.6 cm³/mol. The number of amides is 2. The van der Waals surface area contributed by atoms with E-state index >= 15 is 0 Å². The van der Waals surface area contributed by atoms with Crippen molar-refractivity contribution in [1.82, 2.24) is 10.6 Å². The topological polar surface area (TPSA) is 76.7 Å². The summed E-state index contributed by atoms with van der Waals surface area (Å²) < 4.78 is 11.6. The second-order valence-corrected chi connectivity index (χ2v) is 6.86. The highest BCUT2D eigenvalue weighted by molar-refractivity contribution is 9.10. The van der Waals surface area contributed by atoms with Crippen LogP contribution < -0.4 is 15.4 Å². The Kier molecular flexibility index (Phi) is 5.88. The van der Waals surface area contributed by atoms with Crippen LogP contribution in [0.3, 0.4) is 0 Å². The number of carbonyl (C=O) groups is 2. The highest BCUT2D eigenvalue weighted by atomic mass is 79.9. The van der Waals surface area contributed by atoms with E-state index in [1.165, 1.54) is 0 Å². The Hall–Kier alpha value is -2.02. The number of carbonyl (C=O) groups excluding carboxylic acids is 2. The fourth-order valence-corrected chi connectivity index (χ4v) is 2.83. The molecule has 130 valence electrons. The van der Waals surface area contributed by atoms with Crippen LogP contribution in [0, 0.1) is 5.92 Å². The lowest BCUT2D eigenvalue weighted by Gasteiger charge is -2.29. The first-order valence-corrected chi connectivity index (χ1v) is 8.41. The van der Waals surface area contributed by atoms with E-state index in [4.69, 9.17) is 9.47 Å². The van der Waals surface area contributed by atoms with Crippen LogP contribution in [0.5, 0.6) is 5.75 Å². The van der Waals surface area contributed by atoms with Crippen LogP contribution in [-0.4, -0.2) is 25.7 Å². The van der Waals surface area contributed by atoms with Gasteiger partial charge in [-0.2, -0.15) is 0 Å². The summed E-state index contributed by atoms with van der Waals surface area (Å²) in [5.74, 6) is 0.341. The van der Waals surface area contributed by atoms with Gasteiger partial charge < -0.3 is 20.1 Å². The van der Waals surface area contributed by atoms with Gasteiger partial charge in [0.05, 0.1) is 25.3 Å². The highest BCUT2D eigenvalue weighted by Gasteiger charge is 2.34. The summed E-state index contributed by atoms with van der Waals surface area (Å²) in [7, 11) is 1.54. The van der Waals surface area contributed by atoms with E-state index < -0.39 is 12.0 Å². The number of ether oxygens (including phenoxy) is 2. The zero-order chi connectivity index (χ0) is 17.9. The van der Waals surface area contributed by atoms with E-state index in [1.807, 2.05) is 26.0 Å². The fraction of sp³-hybridized carbons (Fsp3) is 0.412. The Morgan fingerprint density at radius 1 is 1.38 bits per heavy atom. The SMILES string of the molecule is COc1ccc(Br)cc1[C@H]1NC(=O)NC(C)=C1C(=O)OCC(C)C. The molecule has 24 heavy (non-hydrogen) atoms. The molecule has 6 nitrogen and oxygen atoms in total. The quantitative estimate of drug-likeness (QED) is 0.748. The molecule has 0 radical (unpaired) electrons. The second kappa shape index (κ2) is 7.70. The molecule has 0 spiro atoms. The molecule has 1 aromatic carbocycles. The number of rotatable bonds is 5. The lowest BCUT2D eigenvalue weighted by atomic mass is 9.95. The summed E-state index contributed by atoms with van der Waals surface area (Å²) in [5, 5.41) is 5.40. The van der Waals surface area contributed by atoms with Crippen molar-refractivity contribution >= 4 is 27.9 Å². The van der Waals surface area contributed by atoms with Crippen molar-refractivity contribution in [2.75, 3.05) is 13.7 Å². The van der Waals surface area contributed by atoms with Gasteiger partial charge in [0.1, 0.15) is 5.75 Å². The molecule has 2 amide bonds. The third-order valence-electron chi connectivity index (χ3n) is 3.54. The first-order valence-electron chi connectivity index (χ1n) is 7.62. The van der Waals surface area contributed by atoms with E-state index in [9.17, 15) is 9.59 Å². The molecule has 1 aliphatic rings. The van der Waals surface area contributed by atoms with Crippen LogP contribution >= 0.6 is 15.9 Å². The molecule has 1 aliphatic heterocycles. The van der Waals surface area contributed by atoms with Crippen molar-refractivity contribution in [3.05, 3.63) is 39.5 Å². The van der Waals surface area contributed by atoms with Gasteiger partial charge in [-0.15, -0.1) is 0 Å². The lowest BCUT2D eigenvalue weighted by Crippen LogP contribution is -2.45. The summed E-state index contributed by atoms with van der Waals surface area (Å²) in [6, 6.07) is 4.40. The number of hydrogen-bond donors (Lipinski definition) is 2. The Bertz CT molecular complexity index is 685. The van der Waals surface area contributed by atoms with E-state index in [0.717, 1.165) is 4.47 Å². The molecule has 7 heteroatoms. The van der Waals surface area contributed by atoms with Crippen LogP contribution in [0.2, 0.25) is 0 Å². The zero-order valence-corrected chi connectivity index (χ0v) is 15.7. The normalized spacial score (nSPS) is 17.4. The molecule has 0 aromatic heterocycles. The molecule has 0 aliphatic carbocycles. The molecular weight excluding hydrogens is 376 g/mol. The van der Waals surface area contributed by atoms with Gasteiger partial charge in [0, 0.05) is 15.7 Å². The Balaban J connectivity index is 2.45. The van der Waals surface area contributed by atoms with Crippen molar-refractivity contribution in [2.24, 2.45) is 5.92 Å². The lowest BCUT2D eigenvalue weighted by molar-refractivity contribution is -0.140. The Morgan fingerprint density at radius 3 is 2.71 bits per heavy atom. The molecule has 0 bridgehead atoms. The predicted octanol–water partition coefficient (Wildman–Crippen LogP) is 3.28. The van der Waals surface area contributed by atoms with Gasteiger partial charge in [0.15, 0.2) is 0 Å². The van der Waals surface area contributed by atoms with Gasteiger partial charge in [0.25, 0.3) is 0 Å². The molecule has 0 saturated heterocycles. The first kappa shape index (κ1) is 18.3. The van der Waals surface area contributed by atoms with Crippen molar-refractivity contribution in [3.63, 3.8) is 0 Å². The summed E-state index contributed by atoms with van der Waals surface area (Å²) in [6.45, 7) is 5.92. The minimum absolute atomic E-state index is 0.222. The van der Waals surface area contributed by atoms with Gasteiger partial charge in [-0.1, -0.05) is 29.8 Å². The van der Waals surface area contributed by atoms with Gasteiger partial charge in [-0.05, 0) is 31.0 Å². The number of hydrogen-bond acceptors (Lipinski definition) is 4. The van der Waals surface area contributed by atoms with Gasteiger partial charge >= 0.3 is 12.0 Å². The fourth-order valence-electron chi connectivity index (χ4n) is 2.45. The number of allylic oxidation sites excluding steroid dienone is 1. The standard InChI is InChI=1S/C17H21BrN2O4/c1-9(2)8-24-16(21)14-10(3)19-17(22)20-15(14)12-7-11(18)5-6-13(12)23-4/h5-7,9,15H,8H2,1-4H3,(H2,19,20,22)/t15-/m1/s1. The van der Waals surface area contributed by atoms with Gasteiger partial charge in [0.2, 0.25) is 0 Å². The van der Waals surface area contributed by atoms with E-state index in [2.05, 4.69) is 26.6 Å². The molecule has 1 atom stereocenters.